The van der Waals surface area contributed by atoms with Crippen LogP contribution >= 0.6 is 12.2 Å². The Morgan fingerprint density at radius 2 is 2.25 bits per heavy atom. The molecule has 2 N–H and O–H groups in total. The van der Waals surface area contributed by atoms with Crippen LogP contribution in [0.25, 0.3) is 11.4 Å². The Hall–Kier alpha value is -1.82. The Bertz CT molecular complexity index is 574. The number of aromatic hydroxyl groups is 1. The average molecular weight is 237 g/mol. The first-order valence-corrected chi connectivity index (χ1v) is 5.03. The van der Waals surface area contributed by atoms with Gasteiger partial charge in [-0.3, -0.25) is 9.78 Å². The summed E-state index contributed by atoms with van der Waals surface area (Å²) in [5.41, 5.74) is 0.561. The maximum absolute atomic E-state index is 9.73. The number of aromatic amines is 1. The third-order valence-corrected chi connectivity index (χ3v) is 2.59. The minimum Gasteiger partial charge on any atom is -0.507 e. The Balaban J connectivity index is 2.58. The number of rotatable bonds is 2. The molecule has 0 aliphatic carbocycles. The molecule has 16 heavy (non-hydrogen) atoms. The number of nitrogens with zero attached hydrogens (tertiary/aromatic N) is 2. The molecule has 0 atom stereocenters. The summed E-state index contributed by atoms with van der Waals surface area (Å²) in [7, 11) is 3.33. The Morgan fingerprint density at radius 3 is 2.81 bits per heavy atom. The SMILES string of the molecule is COc1ccc(O)c(-c2nc(=S)n(C)[nH]2)c1. The number of hydrogen-bond acceptors (Lipinski definition) is 4. The minimum atomic E-state index is 0.130. The monoisotopic (exact) mass is 237 g/mol. The molecule has 0 aliphatic heterocycles. The number of methoxy groups -OCH3 is 1. The van der Waals surface area contributed by atoms with Crippen molar-refractivity contribution in [2.45, 2.75) is 0 Å². The molecule has 0 radical (unpaired) electrons. The van der Waals surface area contributed by atoms with Gasteiger partial charge >= 0.3 is 0 Å². The van der Waals surface area contributed by atoms with Crippen molar-refractivity contribution in [2.75, 3.05) is 7.11 Å². The molecule has 1 heterocycles. The summed E-state index contributed by atoms with van der Waals surface area (Å²) in [6, 6.07) is 4.93. The average Bonchev–Trinajstić information content (AvgIpc) is 2.60. The maximum atomic E-state index is 9.73. The molecule has 0 saturated carbocycles. The first kappa shape index (κ1) is 10.7. The van der Waals surface area contributed by atoms with Gasteiger partial charge in [0.15, 0.2) is 5.82 Å². The van der Waals surface area contributed by atoms with Crippen molar-refractivity contribution in [3.8, 4) is 22.9 Å². The van der Waals surface area contributed by atoms with Crippen molar-refractivity contribution < 1.29 is 9.84 Å². The topological polar surface area (TPSA) is 63.1 Å². The molecule has 0 bridgehead atoms. The lowest BCUT2D eigenvalue weighted by molar-refractivity contribution is 0.412. The zero-order chi connectivity index (χ0) is 11.7. The van der Waals surface area contributed by atoms with Gasteiger partial charge in [-0.1, -0.05) is 0 Å². The molecule has 0 aliphatic rings. The second-order valence-electron chi connectivity index (χ2n) is 3.30. The highest BCUT2D eigenvalue weighted by molar-refractivity contribution is 7.71. The molecule has 1 aromatic heterocycles. The number of aromatic nitrogens is 3. The number of nitrogens with one attached hydrogen (secondary N) is 1. The van der Waals surface area contributed by atoms with Crippen molar-refractivity contribution in [3.63, 3.8) is 0 Å². The van der Waals surface area contributed by atoms with E-state index in [1.807, 2.05) is 0 Å². The van der Waals surface area contributed by atoms with Gasteiger partial charge in [0.05, 0.1) is 12.7 Å². The van der Waals surface area contributed by atoms with E-state index in [1.54, 1.807) is 37.0 Å². The second-order valence-corrected chi connectivity index (χ2v) is 3.66. The van der Waals surface area contributed by atoms with Crippen LogP contribution in [0, 0.1) is 4.77 Å². The van der Waals surface area contributed by atoms with E-state index in [-0.39, 0.29) is 5.75 Å². The van der Waals surface area contributed by atoms with E-state index in [0.717, 1.165) is 0 Å². The molecule has 84 valence electrons. The number of H-pyrrole nitrogens is 1. The smallest absolute Gasteiger partial charge is 0.216 e. The Morgan fingerprint density at radius 1 is 1.50 bits per heavy atom. The van der Waals surface area contributed by atoms with Gasteiger partial charge in [-0.15, -0.1) is 0 Å². The van der Waals surface area contributed by atoms with Crippen molar-refractivity contribution in [1.82, 2.24) is 14.8 Å². The lowest BCUT2D eigenvalue weighted by atomic mass is 10.2. The van der Waals surface area contributed by atoms with Gasteiger partial charge in [0.2, 0.25) is 4.77 Å². The highest BCUT2D eigenvalue weighted by Crippen LogP contribution is 2.30. The fraction of sp³-hybridized carbons (Fsp3) is 0.200. The zero-order valence-corrected chi connectivity index (χ0v) is 9.71. The van der Waals surface area contributed by atoms with Crippen LogP contribution in [-0.4, -0.2) is 27.0 Å². The molecule has 0 spiro atoms. The summed E-state index contributed by atoms with van der Waals surface area (Å²) in [6.45, 7) is 0. The minimum absolute atomic E-state index is 0.130. The summed E-state index contributed by atoms with van der Waals surface area (Å²) < 4.78 is 7.11. The molecule has 1 aromatic carbocycles. The van der Waals surface area contributed by atoms with E-state index in [2.05, 4.69) is 10.1 Å². The first-order chi connectivity index (χ1) is 7.61. The molecule has 0 fully saturated rings. The van der Waals surface area contributed by atoms with Crippen LogP contribution in [0.5, 0.6) is 11.5 Å². The van der Waals surface area contributed by atoms with Crippen LogP contribution in [0.1, 0.15) is 0 Å². The fourth-order valence-electron chi connectivity index (χ4n) is 1.35. The highest BCUT2D eigenvalue weighted by atomic mass is 32.1. The van der Waals surface area contributed by atoms with Crippen molar-refractivity contribution >= 4 is 12.2 Å². The molecule has 0 unspecified atom stereocenters. The summed E-state index contributed by atoms with van der Waals surface area (Å²) in [5.74, 6) is 1.30. The third-order valence-electron chi connectivity index (χ3n) is 2.23. The Labute approximate surface area is 97.3 Å². The largest absolute Gasteiger partial charge is 0.507 e. The van der Waals surface area contributed by atoms with Gasteiger partial charge in [0.1, 0.15) is 11.5 Å². The molecular formula is C10H11N3O2S. The molecular weight excluding hydrogens is 226 g/mol. The molecule has 6 heteroatoms. The molecule has 0 amide bonds. The standard InChI is InChI=1S/C10H11N3O2S/c1-13-10(16)11-9(12-13)7-5-6(15-2)3-4-8(7)14/h3-5,14H,1-2H3,(H,11,12,16). The lowest BCUT2D eigenvalue weighted by Crippen LogP contribution is -1.90. The summed E-state index contributed by atoms with van der Waals surface area (Å²) in [4.78, 5) is 4.12. The number of phenolic OH excluding ortho intramolecular Hbond substituents is 1. The van der Waals surface area contributed by atoms with Crippen LogP contribution in [0.4, 0.5) is 0 Å². The number of hydrogen-bond donors (Lipinski definition) is 2. The van der Waals surface area contributed by atoms with Crippen molar-refractivity contribution in [2.24, 2.45) is 7.05 Å². The number of phenols is 1. The lowest BCUT2D eigenvalue weighted by Gasteiger charge is -2.04. The van der Waals surface area contributed by atoms with Gasteiger partial charge in [0.25, 0.3) is 0 Å². The molecule has 5 nitrogen and oxygen atoms in total. The molecule has 2 rings (SSSR count). The fourth-order valence-corrected chi connectivity index (χ4v) is 1.49. The number of benzene rings is 1. The Kier molecular flexibility index (Phi) is 2.66. The predicted molar refractivity (Wildman–Crippen MR) is 62.0 cm³/mol. The van der Waals surface area contributed by atoms with Gasteiger partial charge in [-0.2, -0.15) is 4.98 Å². The van der Waals surface area contributed by atoms with Crippen molar-refractivity contribution in [3.05, 3.63) is 23.0 Å². The maximum Gasteiger partial charge on any atom is 0.216 e. The molecule has 0 saturated heterocycles. The number of aryl methyl sites for hydroxylation is 1. The van der Waals surface area contributed by atoms with Crippen molar-refractivity contribution in [1.29, 1.82) is 0 Å². The van der Waals surface area contributed by atoms with Gasteiger partial charge in [-0.05, 0) is 30.4 Å². The summed E-state index contributed by atoms with van der Waals surface area (Å²) in [5, 5.41) is 12.7. The predicted octanol–water partition coefficient (Wildman–Crippen LogP) is 1.86. The van der Waals surface area contributed by atoms with Crippen LogP contribution < -0.4 is 4.74 Å². The van der Waals surface area contributed by atoms with Gasteiger partial charge in [0, 0.05) is 7.05 Å². The number of ether oxygens (including phenoxy) is 1. The van der Waals surface area contributed by atoms with E-state index >= 15 is 0 Å². The first-order valence-electron chi connectivity index (χ1n) is 4.62. The van der Waals surface area contributed by atoms with Crippen LogP contribution in [-0.2, 0) is 7.05 Å². The van der Waals surface area contributed by atoms with Gasteiger partial charge in [-0.25, -0.2) is 0 Å². The quantitative estimate of drug-likeness (QED) is 0.782. The van der Waals surface area contributed by atoms with Crippen LogP contribution in [0.15, 0.2) is 18.2 Å². The van der Waals surface area contributed by atoms with E-state index in [9.17, 15) is 5.11 Å². The van der Waals surface area contributed by atoms with E-state index in [0.29, 0.717) is 21.9 Å². The van der Waals surface area contributed by atoms with E-state index in [1.165, 1.54) is 0 Å². The second kappa shape index (κ2) is 3.97. The van der Waals surface area contributed by atoms with E-state index < -0.39 is 0 Å². The normalized spacial score (nSPS) is 10.4. The van der Waals surface area contributed by atoms with Crippen LogP contribution in [0.2, 0.25) is 0 Å². The summed E-state index contributed by atoms with van der Waals surface area (Å²) in [6.07, 6.45) is 0. The van der Waals surface area contributed by atoms with E-state index in [4.69, 9.17) is 17.0 Å². The van der Waals surface area contributed by atoms with Gasteiger partial charge < -0.3 is 9.84 Å². The summed E-state index contributed by atoms with van der Waals surface area (Å²) >= 11 is 4.99. The molecule has 2 aromatic rings. The third kappa shape index (κ3) is 1.79. The zero-order valence-electron chi connectivity index (χ0n) is 8.89. The highest BCUT2D eigenvalue weighted by Gasteiger charge is 2.09. The van der Waals surface area contributed by atoms with Crippen LogP contribution in [0.3, 0.4) is 0 Å².